The van der Waals surface area contributed by atoms with Gasteiger partial charge in [0.1, 0.15) is 5.60 Å². The molecule has 1 aromatic carbocycles. The first-order valence-electron chi connectivity index (χ1n) is 14.5. The summed E-state index contributed by atoms with van der Waals surface area (Å²) in [5, 5.41) is 8.13. The Bertz CT molecular complexity index is 1240. The number of carbonyl (C=O) groups excluding carboxylic acids is 3. The number of aromatic nitrogens is 2. The number of likely N-dealkylation sites (tertiary alicyclic amines) is 1. The number of piperidine rings is 3. The SMILES string of the molecule is C[C@H]1C[C@@H](CC2CCN(c3ccc4c(C5CCC(=O)NC5=O)nn(C)c4c3)CC2)CCN1C(=O)OC(C)(C)C. The molecule has 4 heterocycles. The number of rotatable bonds is 4. The molecule has 5 rings (SSSR count). The molecule has 0 spiro atoms. The predicted octanol–water partition coefficient (Wildman–Crippen LogP) is 4.74. The Labute approximate surface area is 231 Å². The number of hydrogen-bond acceptors (Lipinski definition) is 6. The van der Waals surface area contributed by atoms with Gasteiger partial charge in [-0.05, 0) is 96.3 Å². The second-order valence-corrected chi connectivity index (χ2v) is 12.8. The molecule has 3 aliphatic rings. The van der Waals surface area contributed by atoms with Gasteiger partial charge in [0.25, 0.3) is 0 Å². The highest BCUT2D eigenvalue weighted by atomic mass is 16.6. The van der Waals surface area contributed by atoms with Crippen LogP contribution >= 0.6 is 0 Å². The monoisotopic (exact) mass is 537 g/mol. The van der Waals surface area contributed by atoms with Crippen LogP contribution in [0.15, 0.2) is 18.2 Å². The first-order valence-corrected chi connectivity index (χ1v) is 14.5. The van der Waals surface area contributed by atoms with Gasteiger partial charge in [-0.1, -0.05) is 0 Å². The summed E-state index contributed by atoms with van der Waals surface area (Å²) in [6, 6.07) is 6.64. The molecule has 9 heteroatoms. The highest BCUT2D eigenvalue weighted by molar-refractivity contribution is 6.02. The van der Waals surface area contributed by atoms with Crippen molar-refractivity contribution in [2.24, 2.45) is 18.9 Å². The van der Waals surface area contributed by atoms with Crippen LogP contribution in [-0.4, -0.2) is 63.9 Å². The second kappa shape index (κ2) is 10.8. The average molecular weight is 538 g/mol. The Hall–Kier alpha value is -3.10. The first-order chi connectivity index (χ1) is 18.5. The average Bonchev–Trinajstić information content (AvgIpc) is 3.19. The topological polar surface area (TPSA) is 96.8 Å². The number of aryl methyl sites for hydroxylation is 1. The third-order valence-corrected chi connectivity index (χ3v) is 8.69. The fourth-order valence-electron chi connectivity index (χ4n) is 6.66. The molecule has 212 valence electrons. The van der Waals surface area contributed by atoms with Gasteiger partial charge in [0.05, 0.1) is 17.1 Å². The second-order valence-electron chi connectivity index (χ2n) is 12.8. The Morgan fingerprint density at radius 2 is 1.79 bits per heavy atom. The quantitative estimate of drug-likeness (QED) is 0.566. The summed E-state index contributed by atoms with van der Waals surface area (Å²) >= 11 is 0. The molecule has 0 aliphatic carbocycles. The molecule has 3 saturated heterocycles. The lowest BCUT2D eigenvalue weighted by atomic mass is 9.81. The third-order valence-electron chi connectivity index (χ3n) is 8.69. The van der Waals surface area contributed by atoms with E-state index in [4.69, 9.17) is 4.74 Å². The summed E-state index contributed by atoms with van der Waals surface area (Å²) in [7, 11) is 1.92. The molecule has 3 amide bonds. The number of carbonyl (C=O) groups is 3. The van der Waals surface area contributed by atoms with E-state index in [9.17, 15) is 14.4 Å². The molecule has 3 fully saturated rings. The Morgan fingerprint density at radius 1 is 1.08 bits per heavy atom. The lowest BCUT2D eigenvalue weighted by Crippen LogP contribution is -2.47. The zero-order valence-corrected chi connectivity index (χ0v) is 24.0. The van der Waals surface area contributed by atoms with Gasteiger partial charge in [0, 0.05) is 50.2 Å². The lowest BCUT2D eigenvalue weighted by Gasteiger charge is -2.40. The summed E-state index contributed by atoms with van der Waals surface area (Å²) in [4.78, 5) is 41.0. The highest BCUT2D eigenvalue weighted by Gasteiger charge is 2.34. The number of anilines is 1. The van der Waals surface area contributed by atoms with Crippen LogP contribution in [0.25, 0.3) is 10.9 Å². The molecule has 1 N–H and O–H groups in total. The number of amides is 3. The number of benzene rings is 1. The number of fused-ring (bicyclic) bond motifs is 1. The van der Waals surface area contributed by atoms with Crippen LogP contribution in [0, 0.1) is 11.8 Å². The number of imide groups is 1. The lowest BCUT2D eigenvalue weighted by molar-refractivity contribution is -0.134. The fourth-order valence-corrected chi connectivity index (χ4v) is 6.66. The number of hydrogen-bond donors (Lipinski definition) is 1. The maximum atomic E-state index is 12.6. The van der Waals surface area contributed by atoms with E-state index in [1.54, 1.807) is 0 Å². The van der Waals surface area contributed by atoms with Crippen molar-refractivity contribution >= 4 is 34.5 Å². The van der Waals surface area contributed by atoms with Gasteiger partial charge in [-0.25, -0.2) is 4.79 Å². The minimum Gasteiger partial charge on any atom is -0.444 e. The van der Waals surface area contributed by atoms with E-state index in [0.29, 0.717) is 24.7 Å². The maximum absolute atomic E-state index is 12.6. The van der Waals surface area contributed by atoms with E-state index in [1.807, 2.05) is 37.4 Å². The molecule has 3 aliphatic heterocycles. The molecule has 2 aromatic rings. The molecule has 1 unspecified atom stereocenters. The number of nitrogens with zero attached hydrogens (tertiary/aromatic N) is 4. The molecule has 0 saturated carbocycles. The molecule has 1 aromatic heterocycles. The van der Waals surface area contributed by atoms with Crippen molar-refractivity contribution < 1.29 is 19.1 Å². The van der Waals surface area contributed by atoms with Crippen LogP contribution in [0.3, 0.4) is 0 Å². The Balaban J connectivity index is 1.16. The zero-order valence-electron chi connectivity index (χ0n) is 24.0. The van der Waals surface area contributed by atoms with Gasteiger partial charge in [-0.2, -0.15) is 5.10 Å². The van der Waals surface area contributed by atoms with E-state index < -0.39 is 5.60 Å². The van der Waals surface area contributed by atoms with Crippen LogP contribution in [-0.2, 0) is 21.4 Å². The predicted molar refractivity (Wildman–Crippen MR) is 151 cm³/mol. The standard InChI is InChI=1S/C30H43N5O4/c1-19-16-21(12-15-35(19)29(38)39-30(2,3)4)17-20-10-13-34(14-11-20)22-6-7-23-25(18-22)33(5)32-27(23)24-8-9-26(36)31-28(24)37/h6-7,18-21,24H,8-17H2,1-5H3,(H,31,36,37)/t19-,21-,24?/m0/s1. The van der Waals surface area contributed by atoms with Crippen LogP contribution in [0.4, 0.5) is 10.5 Å². The molecular formula is C30H43N5O4. The van der Waals surface area contributed by atoms with Gasteiger partial charge in [0.2, 0.25) is 11.8 Å². The zero-order chi connectivity index (χ0) is 27.9. The number of nitrogens with one attached hydrogen (secondary N) is 1. The van der Waals surface area contributed by atoms with Crippen LogP contribution in [0.1, 0.15) is 84.3 Å². The van der Waals surface area contributed by atoms with Crippen molar-refractivity contribution in [1.82, 2.24) is 20.0 Å². The van der Waals surface area contributed by atoms with Crippen LogP contribution < -0.4 is 10.2 Å². The van der Waals surface area contributed by atoms with Crippen molar-refractivity contribution in [3.05, 3.63) is 23.9 Å². The summed E-state index contributed by atoms with van der Waals surface area (Å²) in [5.41, 5.74) is 2.51. The third kappa shape index (κ3) is 6.07. The summed E-state index contributed by atoms with van der Waals surface area (Å²) < 4.78 is 7.46. The van der Waals surface area contributed by atoms with E-state index in [1.165, 1.54) is 24.9 Å². The van der Waals surface area contributed by atoms with Gasteiger partial charge < -0.3 is 14.5 Å². The van der Waals surface area contributed by atoms with Crippen molar-refractivity contribution in [3.8, 4) is 0 Å². The van der Waals surface area contributed by atoms with Crippen LogP contribution in [0.5, 0.6) is 0 Å². The smallest absolute Gasteiger partial charge is 0.410 e. The first kappa shape index (κ1) is 27.5. The minimum absolute atomic E-state index is 0.184. The fraction of sp³-hybridized carbons (Fsp3) is 0.667. The molecule has 0 bridgehead atoms. The van der Waals surface area contributed by atoms with E-state index in [-0.39, 0.29) is 29.9 Å². The van der Waals surface area contributed by atoms with Crippen molar-refractivity contribution in [1.29, 1.82) is 0 Å². The summed E-state index contributed by atoms with van der Waals surface area (Å²) in [5.74, 6) is 0.537. The molecule has 39 heavy (non-hydrogen) atoms. The Kier molecular flexibility index (Phi) is 7.62. The normalized spacial score (nSPS) is 25.2. The number of ether oxygens (including phenoxy) is 1. The van der Waals surface area contributed by atoms with Gasteiger partial charge in [-0.3, -0.25) is 19.6 Å². The molecule has 3 atom stereocenters. The van der Waals surface area contributed by atoms with Crippen LogP contribution in [0.2, 0.25) is 0 Å². The minimum atomic E-state index is -0.460. The van der Waals surface area contributed by atoms with E-state index in [0.717, 1.165) is 49.1 Å². The van der Waals surface area contributed by atoms with Gasteiger partial charge >= 0.3 is 6.09 Å². The van der Waals surface area contributed by atoms with Gasteiger partial charge in [-0.15, -0.1) is 0 Å². The molecule has 0 radical (unpaired) electrons. The highest BCUT2D eigenvalue weighted by Crippen LogP contribution is 2.36. The van der Waals surface area contributed by atoms with Crippen molar-refractivity contribution in [3.63, 3.8) is 0 Å². The van der Waals surface area contributed by atoms with Crippen molar-refractivity contribution in [2.45, 2.75) is 90.2 Å². The Morgan fingerprint density at radius 3 is 2.46 bits per heavy atom. The van der Waals surface area contributed by atoms with Gasteiger partial charge in [0.15, 0.2) is 0 Å². The molecule has 9 nitrogen and oxygen atoms in total. The molecular weight excluding hydrogens is 494 g/mol. The van der Waals surface area contributed by atoms with Crippen molar-refractivity contribution in [2.75, 3.05) is 24.5 Å². The summed E-state index contributed by atoms with van der Waals surface area (Å²) in [6.45, 7) is 10.7. The van der Waals surface area contributed by atoms with E-state index >= 15 is 0 Å². The maximum Gasteiger partial charge on any atom is 0.410 e. The van der Waals surface area contributed by atoms with E-state index in [2.05, 4.69) is 40.4 Å². The largest absolute Gasteiger partial charge is 0.444 e. The summed E-state index contributed by atoms with van der Waals surface area (Å²) in [6.07, 6.45) is 6.35.